The number of nitrogens with one attached hydrogen (secondary N) is 1. The quantitative estimate of drug-likeness (QED) is 0.832. The van der Waals surface area contributed by atoms with Crippen LogP contribution in [0, 0.1) is 0 Å². The Balaban J connectivity index is 0.00000180. The van der Waals surface area contributed by atoms with Gasteiger partial charge in [0.15, 0.2) is 0 Å². The molecule has 0 aliphatic heterocycles. The molecule has 20 heavy (non-hydrogen) atoms. The van der Waals surface area contributed by atoms with E-state index in [2.05, 4.69) is 24.3 Å². The van der Waals surface area contributed by atoms with Crippen LogP contribution in [-0.2, 0) is 4.79 Å². The van der Waals surface area contributed by atoms with Crippen LogP contribution in [0.5, 0.6) is 0 Å². The van der Waals surface area contributed by atoms with Gasteiger partial charge in [0.05, 0.1) is 5.54 Å². The standard InChI is InChI=1S/C14H27N3O.2ClH/c1-17(2)13(7-3-4-8-13)11-16-12(18)14(15)9-5-6-10-14;;/h3-11,15H2,1-2H3,(H,16,18);2*1H. The Morgan fingerprint density at radius 1 is 1.05 bits per heavy atom. The van der Waals surface area contributed by atoms with Crippen LogP contribution in [-0.4, -0.2) is 42.5 Å². The SMILES string of the molecule is CN(C)C1(CNC(=O)C2(N)CCCC2)CCCC1.Cl.Cl. The Kier molecular flexibility index (Phi) is 7.82. The molecule has 2 aliphatic carbocycles. The van der Waals surface area contributed by atoms with Gasteiger partial charge in [0.1, 0.15) is 0 Å². The van der Waals surface area contributed by atoms with Crippen molar-refractivity contribution >= 4 is 30.7 Å². The van der Waals surface area contributed by atoms with E-state index in [1.807, 2.05) is 0 Å². The molecule has 0 unspecified atom stereocenters. The van der Waals surface area contributed by atoms with E-state index in [9.17, 15) is 4.79 Å². The number of nitrogens with zero attached hydrogens (tertiary/aromatic N) is 1. The summed E-state index contributed by atoms with van der Waals surface area (Å²) in [7, 11) is 4.23. The minimum atomic E-state index is -0.591. The van der Waals surface area contributed by atoms with E-state index in [1.165, 1.54) is 25.7 Å². The van der Waals surface area contributed by atoms with Crippen molar-refractivity contribution in [1.29, 1.82) is 0 Å². The van der Waals surface area contributed by atoms with Gasteiger partial charge in [0.25, 0.3) is 0 Å². The molecular weight excluding hydrogens is 297 g/mol. The van der Waals surface area contributed by atoms with E-state index in [4.69, 9.17) is 5.73 Å². The molecule has 0 atom stereocenters. The first kappa shape index (κ1) is 20.0. The highest BCUT2D eigenvalue weighted by molar-refractivity contribution is 5.86. The number of nitrogens with two attached hydrogens (primary N) is 1. The second kappa shape index (κ2) is 7.83. The van der Waals surface area contributed by atoms with Gasteiger partial charge in [-0.25, -0.2) is 0 Å². The molecule has 0 bridgehead atoms. The van der Waals surface area contributed by atoms with Crippen LogP contribution in [0.3, 0.4) is 0 Å². The lowest BCUT2D eigenvalue weighted by molar-refractivity contribution is -0.126. The van der Waals surface area contributed by atoms with Crippen molar-refractivity contribution in [1.82, 2.24) is 10.2 Å². The summed E-state index contributed by atoms with van der Waals surface area (Å²) in [4.78, 5) is 14.5. The van der Waals surface area contributed by atoms with Crippen LogP contribution < -0.4 is 11.1 Å². The average molecular weight is 326 g/mol. The zero-order valence-corrected chi connectivity index (χ0v) is 14.2. The highest BCUT2D eigenvalue weighted by Crippen LogP contribution is 2.33. The number of halogens is 2. The van der Waals surface area contributed by atoms with E-state index in [0.717, 1.165) is 32.2 Å². The third kappa shape index (κ3) is 4.00. The molecule has 6 heteroatoms. The van der Waals surface area contributed by atoms with Gasteiger partial charge in [0, 0.05) is 12.1 Å². The molecular formula is C14H29Cl2N3O. The Labute approximate surface area is 135 Å². The zero-order chi connectivity index (χ0) is 13.2. The highest BCUT2D eigenvalue weighted by atomic mass is 35.5. The first-order valence-electron chi connectivity index (χ1n) is 7.23. The van der Waals surface area contributed by atoms with E-state index >= 15 is 0 Å². The van der Waals surface area contributed by atoms with Gasteiger partial charge in [-0.15, -0.1) is 24.8 Å². The van der Waals surface area contributed by atoms with Crippen molar-refractivity contribution in [3.05, 3.63) is 0 Å². The zero-order valence-electron chi connectivity index (χ0n) is 12.6. The Morgan fingerprint density at radius 2 is 1.50 bits per heavy atom. The number of carbonyl (C=O) groups excluding carboxylic acids is 1. The van der Waals surface area contributed by atoms with Gasteiger partial charge < -0.3 is 16.0 Å². The topological polar surface area (TPSA) is 58.4 Å². The van der Waals surface area contributed by atoms with Gasteiger partial charge in [-0.3, -0.25) is 4.79 Å². The lowest BCUT2D eigenvalue weighted by atomic mass is 9.94. The summed E-state index contributed by atoms with van der Waals surface area (Å²) in [5, 5.41) is 3.12. The number of hydrogen-bond donors (Lipinski definition) is 2. The molecule has 0 aromatic heterocycles. The van der Waals surface area contributed by atoms with Crippen LogP contribution in [0.25, 0.3) is 0 Å². The summed E-state index contributed by atoms with van der Waals surface area (Å²) < 4.78 is 0. The minimum Gasteiger partial charge on any atom is -0.353 e. The second-order valence-electron chi connectivity index (χ2n) is 6.37. The summed E-state index contributed by atoms with van der Waals surface area (Å²) in [6.07, 6.45) is 8.74. The van der Waals surface area contributed by atoms with E-state index in [1.54, 1.807) is 0 Å². The smallest absolute Gasteiger partial charge is 0.240 e. The number of rotatable bonds is 4. The third-order valence-electron chi connectivity index (χ3n) is 5.01. The monoisotopic (exact) mass is 325 g/mol. The van der Waals surface area contributed by atoms with Crippen LogP contribution >= 0.6 is 24.8 Å². The van der Waals surface area contributed by atoms with E-state index < -0.39 is 5.54 Å². The minimum absolute atomic E-state index is 0. The van der Waals surface area contributed by atoms with Crippen molar-refractivity contribution in [3.8, 4) is 0 Å². The van der Waals surface area contributed by atoms with Crippen LogP contribution in [0.4, 0.5) is 0 Å². The molecule has 2 rings (SSSR count). The fourth-order valence-corrected chi connectivity index (χ4v) is 3.47. The molecule has 2 fully saturated rings. The maximum absolute atomic E-state index is 12.2. The number of carbonyl (C=O) groups is 1. The van der Waals surface area contributed by atoms with Gasteiger partial charge in [-0.05, 0) is 39.8 Å². The third-order valence-corrected chi connectivity index (χ3v) is 5.01. The molecule has 0 radical (unpaired) electrons. The van der Waals surface area contributed by atoms with Gasteiger partial charge >= 0.3 is 0 Å². The first-order valence-corrected chi connectivity index (χ1v) is 7.23. The largest absolute Gasteiger partial charge is 0.353 e. The van der Waals surface area contributed by atoms with Crippen molar-refractivity contribution in [2.24, 2.45) is 5.73 Å². The predicted molar refractivity (Wildman–Crippen MR) is 87.8 cm³/mol. The average Bonchev–Trinajstić information content (AvgIpc) is 2.96. The number of amides is 1. The molecule has 120 valence electrons. The molecule has 0 saturated heterocycles. The lowest BCUT2D eigenvalue weighted by Crippen LogP contribution is -2.57. The second-order valence-corrected chi connectivity index (χ2v) is 6.37. The fraction of sp³-hybridized carbons (Fsp3) is 0.929. The fourth-order valence-electron chi connectivity index (χ4n) is 3.47. The Morgan fingerprint density at radius 3 is 1.95 bits per heavy atom. The molecule has 4 nitrogen and oxygen atoms in total. The molecule has 0 heterocycles. The predicted octanol–water partition coefficient (Wildman–Crippen LogP) is 2.09. The molecule has 1 amide bonds. The van der Waals surface area contributed by atoms with Crippen molar-refractivity contribution in [2.45, 2.75) is 62.4 Å². The summed E-state index contributed by atoms with van der Waals surface area (Å²) in [6.45, 7) is 0.748. The molecule has 3 N–H and O–H groups in total. The molecule has 0 aromatic carbocycles. The number of likely N-dealkylation sites (N-methyl/N-ethyl adjacent to an activating group) is 1. The van der Waals surface area contributed by atoms with Crippen molar-refractivity contribution in [3.63, 3.8) is 0 Å². The lowest BCUT2D eigenvalue weighted by Gasteiger charge is -2.37. The van der Waals surface area contributed by atoms with E-state index in [0.29, 0.717) is 0 Å². The Bertz CT molecular complexity index is 312. The summed E-state index contributed by atoms with van der Waals surface area (Å²) in [6, 6.07) is 0. The van der Waals surface area contributed by atoms with E-state index in [-0.39, 0.29) is 36.3 Å². The van der Waals surface area contributed by atoms with Crippen molar-refractivity contribution in [2.75, 3.05) is 20.6 Å². The number of hydrogen-bond acceptors (Lipinski definition) is 3. The molecule has 2 saturated carbocycles. The highest BCUT2D eigenvalue weighted by Gasteiger charge is 2.40. The summed E-state index contributed by atoms with van der Waals surface area (Å²) in [5.74, 6) is 0.0631. The van der Waals surface area contributed by atoms with Crippen molar-refractivity contribution < 1.29 is 4.79 Å². The van der Waals surface area contributed by atoms with Crippen LogP contribution in [0.2, 0.25) is 0 Å². The molecule has 0 aromatic rings. The maximum Gasteiger partial charge on any atom is 0.240 e. The molecule has 2 aliphatic rings. The van der Waals surface area contributed by atoms with Crippen LogP contribution in [0.15, 0.2) is 0 Å². The first-order chi connectivity index (χ1) is 8.49. The van der Waals surface area contributed by atoms with Gasteiger partial charge in [0.2, 0.25) is 5.91 Å². The van der Waals surface area contributed by atoms with Gasteiger partial charge in [-0.1, -0.05) is 25.7 Å². The summed E-state index contributed by atoms with van der Waals surface area (Å²) in [5.41, 5.74) is 5.75. The Hall–Kier alpha value is -0.0300. The van der Waals surface area contributed by atoms with Gasteiger partial charge in [-0.2, -0.15) is 0 Å². The molecule has 0 spiro atoms. The maximum atomic E-state index is 12.2. The summed E-state index contributed by atoms with van der Waals surface area (Å²) >= 11 is 0. The normalized spacial score (nSPS) is 23.0. The van der Waals surface area contributed by atoms with Crippen LogP contribution in [0.1, 0.15) is 51.4 Å².